The summed E-state index contributed by atoms with van der Waals surface area (Å²) in [6.07, 6.45) is 3.33. The van der Waals surface area contributed by atoms with Crippen LogP contribution < -0.4 is 5.32 Å². The van der Waals surface area contributed by atoms with Crippen LogP contribution in [0.15, 0.2) is 28.8 Å². The number of nitrogens with zero attached hydrogens (tertiary/aromatic N) is 3. The van der Waals surface area contributed by atoms with Crippen LogP contribution in [0.25, 0.3) is 11.4 Å². The second-order valence-electron chi connectivity index (χ2n) is 5.62. The van der Waals surface area contributed by atoms with Crippen LogP contribution in [0.3, 0.4) is 0 Å². The van der Waals surface area contributed by atoms with Gasteiger partial charge in [0.05, 0.1) is 10.8 Å². The molecule has 0 spiro atoms. The van der Waals surface area contributed by atoms with Crippen molar-refractivity contribution in [2.24, 2.45) is 0 Å². The quantitative estimate of drug-likeness (QED) is 0.687. The number of aromatic nitrogens is 2. The van der Waals surface area contributed by atoms with E-state index in [4.69, 9.17) is 4.52 Å². The molecule has 7 heteroatoms. The van der Waals surface area contributed by atoms with Gasteiger partial charge in [-0.1, -0.05) is 17.3 Å². The van der Waals surface area contributed by atoms with Crippen LogP contribution in [0, 0.1) is 10.1 Å². The molecule has 2 aromatic rings. The lowest BCUT2D eigenvalue weighted by atomic mass is 9.89. The summed E-state index contributed by atoms with van der Waals surface area (Å²) in [5.41, 5.74) is 0.393. The minimum atomic E-state index is -0.426. The van der Waals surface area contributed by atoms with E-state index in [1.807, 2.05) is 0 Å². The molecule has 4 rings (SSSR count). The van der Waals surface area contributed by atoms with Gasteiger partial charge in [-0.2, -0.15) is 4.98 Å². The number of rotatable bonds is 3. The van der Waals surface area contributed by atoms with E-state index in [0.717, 1.165) is 12.8 Å². The summed E-state index contributed by atoms with van der Waals surface area (Å²) in [5, 5.41) is 18.5. The maximum absolute atomic E-state index is 11.1. The van der Waals surface area contributed by atoms with Gasteiger partial charge in [0.15, 0.2) is 0 Å². The summed E-state index contributed by atoms with van der Waals surface area (Å²) in [4.78, 5) is 15.0. The van der Waals surface area contributed by atoms with Crippen LogP contribution in [0.4, 0.5) is 5.69 Å². The minimum Gasteiger partial charge on any atom is -0.339 e. The molecule has 7 nitrogen and oxygen atoms in total. The highest BCUT2D eigenvalue weighted by Crippen LogP contribution is 2.40. The van der Waals surface area contributed by atoms with Gasteiger partial charge in [0.25, 0.3) is 5.69 Å². The van der Waals surface area contributed by atoms with Crippen LogP contribution in [-0.2, 0) is 0 Å². The van der Waals surface area contributed by atoms with Crippen molar-refractivity contribution >= 4 is 5.69 Å². The van der Waals surface area contributed by atoms with Crippen molar-refractivity contribution < 1.29 is 9.45 Å². The van der Waals surface area contributed by atoms with Crippen molar-refractivity contribution in [3.05, 3.63) is 40.3 Å². The average molecular weight is 286 g/mol. The van der Waals surface area contributed by atoms with E-state index < -0.39 is 4.92 Å². The molecule has 2 aliphatic rings. The van der Waals surface area contributed by atoms with Gasteiger partial charge in [0, 0.05) is 18.2 Å². The first-order valence-electron chi connectivity index (χ1n) is 7.06. The van der Waals surface area contributed by atoms with Gasteiger partial charge in [0.2, 0.25) is 11.7 Å². The molecular formula is C14H14N4O3. The molecule has 108 valence electrons. The van der Waals surface area contributed by atoms with Crippen molar-refractivity contribution in [3.8, 4) is 11.4 Å². The van der Waals surface area contributed by atoms with E-state index in [-0.39, 0.29) is 11.6 Å². The first kappa shape index (κ1) is 12.5. The Labute approximate surface area is 120 Å². The van der Waals surface area contributed by atoms with Crippen molar-refractivity contribution in [1.29, 1.82) is 0 Å². The lowest BCUT2D eigenvalue weighted by Gasteiger charge is -2.15. The van der Waals surface area contributed by atoms with Gasteiger partial charge >= 0.3 is 0 Å². The molecule has 0 aliphatic carbocycles. The Bertz CT molecular complexity index is 699. The third-order valence-corrected chi connectivity index (χ3v) is 4.40. The maximum atomic E-state index is 11.1. The zero-order valence-corrected chi connectivity index (χ0v) is 11.2. The number of nitrogens with one attached hydrogen (secondary N) is 1. The predicted molar refractivity (Wildman–Crippen MR) is 73.7 cm³/mol. The first-order valence-corrected chi connectivity index (χ1v) is 7.06. The highest BCUT2D eigenvalue weighted by Gasteiger charge is 2.42. The van der Waals surface area contributed by atoms with Crippen LogP contribution in [-0.4, -0.2) is 27.1 Å². The Morgan fingerprint density at radius 2 is 2.19 bits per heavy atom. The number of para-hydroxylation sites is 1. The van der Waals surface area contributed by atoms with Gasteiger partial charge in [-0.3, -0.25) is 10.1 Å². The Hall–Kier alpha value is -2.28. The number of nitro groups is 1. The molecule has 1 N–H and O–H groups in total. The topological polar surface area (TPSA) is 94.1 Å². The molecule has 0 amide bonds. The normalized spacial score (nSPS) is 27.1. The van der Waals surface area contributed by atoms with Crippen LogP contribution in [0.2, 0.25) is 0 Å². The molecule has 1 aromatic carbocycles. The first-order chi connectivity index (χ1) is 10.2. The molecule has 3 atom stereocenters. The number of fused-ring (bicyclic) bond motifs is 2. The van der Waals surface area contributed by atoms with Crippen LogP contribution >= 0.6 is 0 Å². The fourth-order valence-corrected chi connectivity index (χ4v) is 3.41. The summed E-state index contributed by atoms with van der Waals surface area (Å²) in [7, 11) is 0. The summed E-state index contributed by atoms with van der Waals surface area (Å²) < 4.78 is 5.37. The minimum absolute atomic E-state index is 0.00378. The van der Waals surface area contributed by atoms with E-state index in [0.29, 0.717) is 29.4 Å². The predicted octanol–water partition coefficient (Wildman–Crippen LogP) is 2.25. The van der Waals surface area contributed by atoms with Crippen LogP contribution in [0.1, 0.15) is 31.1 Å². The zero-order chi connectivity index (χ0) is 14.4. The standard InChI is InChI=1S/C14H14N4O3/c19-18(20)12-4-2-1-3-9(12)13-16-14(21-17-13)10-7-8-5-6-11(10)15-8/h1-4,8,10-11,15H,5-7H2. The Morgan fingerprint density at radius 1 is 1.33 bits per heavy atom. The lowest BCUT2D eigenvalue weighted by molar-refractivity contribution is -0.384. The van der Waals surface area contributed by atoms with Crippen molar-refractivity contribution in [3.63, 3.8) is 0 Å². The van der Waals surface area contributed by atoms with E-state index >= 15 is 0 Å². The van der Waals surface area contributed by atoms with Crippen molar-refractivity contribution in [2.45, 2.75) is 37.3 Å². The van der Waals surface area contributed by atoms with Crippen molar-refractivity contribution in [2.75, 3.05) is 0 Å². The monoisotopic (exact) mass is 286 g/mol. The van der Waals surface area contributed by atoms with Gasteiger partial charge < -0.3 is 9.84 Å². The molecule has 2 bridgehead atoms. The average Bonchev–Trinajstić information content (AvgIpc) is 3.23. The van der Waals surface area contributed by atoms with E-state index in [9.17, 15) is 10.1 Å². The fraction of sp³-hybridized carbons (Fsp3) is 0.429. The fourth-order valence-electron chi connectivity index (χ4n) is 3.41. The molecule has 21 heavy (non-hydrogen) atoms. The smallest absolute Gasteiger partial charge is 0.280 e. The highest BCUT2D eigenvalue weighted by atomic mass is 16.6. The van der Waals surface area contributed by atoms with Gasteiger partial charge in [-0.05, 0) is 25.3 Å². The number of benzene rings is 1. The largest absolute Gasteiger partial charge is 0.339 e. The number of hydrogen-bond acceptors (Lipinski definition) is 6. The van der Waals surface area contributed by atoms with Gasteiger partial charge in [-0.25, -0.2) is 0 Å². The summed E-state index contributed by atoms with van der Waals surface area (Å²) in [6.45, 7) is 0. The molecule has 1 aromatic heterocycles. The molecule has 2 aliphatic heterocycles. The molecular weight excluding hydrogens is 272 g/mol. The third-order valence-electron chi connectivity index (χ3n) is 4.40. The molecule has 2 saturated heterocycles. The molecule has 2 fully saturated rings. The van der Waals surface area contributed by atoms with Gasteiger partial charge in [0.1, 0.15) is 5.56 Å². The molecule has 0 radical (unpaired) electrons. The van der Waals surface area contributed by atoms with E-state index in [1.165, 1.54) is 12.5 Å². The Morgan fingerprint density at radius 3 is 2.90 bits per heavy atom. The zero-order valence-electron chi connectivity index (χ0n) is 11.2. The number of nitro benzene ring substituents is 1. The molecule has 3 heterocycles. The Kier molecular flexibility index (Phi) is 2.75. The lowest BCUT2D eigenvalue weighted by Crippen LogP contribution is -2.21. The second kappa shape index (κ2) is 4.63. The maximum Gasteiger partial charge on any atom is 0.280 e. The van der Waals surface area contributed by atoms with Crippen molar-refractivity contribution in [1.82, 2.24) is 15.5 Å². The van der Waals surface area contributed by atoms with E-state index in [2.05, 4.69) is 15.5 Å². The molecule has 0 saturated carbocycles. The highest BCUT2D eigenvalue weighted by molar-refractivity contribution is 5.67. The SMILES string of the molecule is O=[N+]([O-])c1ccccc1-c1noc(C2CC3CCC2N3)n1. The number of hydrogen-bond donors (Lipinski definition) is 1. The second-order valence-corrected chi connectivity index (χ2v) is 5.62. The van der Waals surface area contributed by atoms with Crippen LogP contribution in [0.5, 0.6) is 0 Å². The van der Waals surface area contributed by atoms with E-state index in [1.54, 1.807) is 18.2 Å². The summed E-state index contributed by atoms with van der Waals surface area (Å²) >= 11 is 0. The van der Waals surface area contributed by atoms with Gasteiger partial charge in [-0.15, -0.1) is 0 Å². The Balaban J connectivity index is 1.67. The summed E-state index contributed by atoms with van der Waals surface area (Å²) in [6, 6.07) is 7.39. The third kappa shape index (κ3) is 2.01. The summed E-state index contributed by atoms with van der Waals surface area (Å²) in [5.74, 6) is 1.11. The molecule has 3 unspecified atom stereocenters.